The second-order valence-corrected chi connectivity index (χ2v) is 4.39. The molecule has 0 bridgehead atoms. The lowest BCUT2D eigenvalue weighted by molar-refractivity contribution is 0.395. The average Bonchev–Trinajstić information content (AvgIpc) is 2.46. The number of nitrogens with one attached hydrogen (secondary N) is 1. The molecular weight excluding hydrogens is 238 g/mol. The summed E-state index contributed by atoms with van der Waals surface area (Å²) in [6, 6.07) is 10.4. The summed E-state index contributed by atoms with van der Waals surface area (Å²) in [6.45, 7) is 5.03. The van der Waals surface area contributed by atoms with Crippen LogP contribution in [0.5, 0.6) is 5.88 Å². The third-order valence-corrected chi connectivity index (χ3v) is 2.99. The second kappa shape index (κ2) is 6.29. The van der Waals surface area contributed by atoms with E-state index in [-0.39, 0.29) is 6.04 Å². The normalized spacial score (nSPS) is 12.2. The minimum absolute atomic E-state index is 0.0579. The molecule has 0 fully saturated rings. The van der Waals surface area contributed by atoms with E-state index >= 15 is 0 Å². The lowest BCUT2D eigenvalue weighted by Gasteiger charge is -2.18. The van der Waals surface area contributed by atoms with Crippen LogP contribution >= 0.6 is 0 Å². The predicted octanol–water partition coefficient (Wildman–Crippen LogP) is 2.49. The van der Waals surface area contributed by atoms with Crippen LogP contribution in [-0.2, 0) is 0 Å². The lowest BCUT2D eigenvalue weighted by atomic mass is 10.0. The number of aromatic nitrogens is 2. The third-order valence-electron chi connectivity index (χ3n) is 2.99. The summed E-state index contributed by atoms with van der Waals surface area (Å²) < 4.78 is 5.16. The van der Waals surface area contributed by atoms with Gasteiger partial charge in [-0.3, -0.25) is 0 Å². The van der Waals surface area contributed by atoms with Crippen LogP contribution in [0, 0.1) is 6.92 Å². The summed E-state index contributed by atoms with van der Waals surface area (Å²) in [5, 5.41) is 3.44. The largest absolute Gasteiger partial charge is 0.481 e. The number of nitrogens with zero attached hydrogens (tertiary/aromatic N) is 2. The number of rotatable bonds is 5. The first-order valence-electron chi connectivity index (χ1n) is 6.40. The minimum Gasteiger partial charge on any atom is -0.481 e. The molecule has 1 heterocycles. The highest BCUT2D eigenvalue weighted by Gasteiger charge is 2.15. The molecule has 1 atom stereocenters. The quantitative estimate of drug-likeness (QED) is 0.894. The number of ether oxygens (including phenoxy) is 1. The maximum Gasteiger partial charge on any atom is 0.216 e. The Kier molecular flexibility index (Phi) is 4.47. The van der Waals surface area contributed by atoms with Gasteiger partial charge in [-0.1, -0.05) is 36.8 Å². The molecule has 2 rings (SSSR count). The topological polar surface area (TPSA) is 47.0 Å². The number of benzene rings is 1. The maximum absolute atomic E-state index is 5.16. The zero-order valence-corrected chi connectivity index (χ0v) is 11.6. The van der Waals surface area contributed by atoms with E-state index in [2.05, 4.69) is 53.4 Å². The van der Waals surface area contributed by atoms with Crippen LogP contribution in [0.2, 0.25) is 0 Å². The number of methoxy groups -OCH3 is 1. The van der Waals surface area contributed by atoms with Crippen molar-refractivity contribution in [2.24, 2.45) is 0 Å². The number of hydrogen-bond acceptors (Lipinski definition) is 4. The SMILES string of the molecule is CCNC(c1ccc(C)cc1)c1cc(OC)ncn1. The van der Waals surface area contributed by atoms with Crippen LogP contribution in [0.1, 0.15) is 29.8 Å². The van der Waals surface area contributed by atoms with Gasteiger partial charge in [0, 0.05) is 6.07 Å². The molecule has 1 aromatic carbocycles. The van der Waals surface area contributed by atoms with Gasteiger partial charge in [0.05, 0.1) is 18.8 Å². The van der Waals surface area contributed by atoms with Crippen molar-refractivity contribution >= 4 is 0 Å². The molecule has 4 heteroatoms. The van der Waals surface area contributed by atoms with E-state index in [9.17, 15) is 0 Å². The highest BCUT2D eigenvalue weighted by molar-refractivity contribution is 5.31. The molecule has 0 aliphatic rings. The molecule has 1 unspecified atom stereocenters. The molecule has 4 nitrogen and oxygen atoms in total. The van der Waals surface area contributed by atoms with Gasteiger partial charge in [0.2, 0.25) is 5.88 Å². The summed E-state index contributed by atoms with van der Waals surface area (Å²) in [4.78, 5) is 8.40. The first-order valence-corrected chi connectivity index (χ1v) is 6.40. The minimum atomic E-state index is 0.0579. The average molecular weight is 257 g/mol. The zero-order valence-electron chi connectivity index (χ0n) is 11.6. The van der Waals surface area contributed by atoms with Gasteiger partial charge in [-0.25, -0.2) is 9.97 Å². The van der Waals surface area contributed by atoms with Crippen molar-refractivity contribution in [1.29, 1.82) is 0 Å². The van der Waals surface area contributed by atoms with Gasteiger partial charge in [0.15, 0.2) is 0 Å². The Bertz CT molecular complexity index is 525. The Balaban J connectivity index is 2.35. The van der Waals surface area contributed by atoms with Crippen LogP contribution in [0.4, 0.5) is 0 Å². The molecule has 0 saturated carbocycles. The van der Waals surface area contributed by atoms with Crippen molar-refractivity contribution in [3.05, 3.63) is 53.5 Å². The molecule has 0 aliphatic heterocycles. The first-order chi connectivity index (χ1) is 9.24. The van der Waals surface area contributed by atoms with Gasteiger partial charge in [-0.15, -0.1) is 0 Å². The highest BCUT2D eigenvalue weighted by Crippen LogP contribution is 2.22. The Morgan fingerprint density at radius 3 is 2.58 bits per heavy atom. The fourth-order valence-electron chi connectivity index (χ4n) is 1.98. The van der Waals surface area contributed by atoms with E-state index < -0.39 is 0 Å². The van der Waals surface area contributed by atoms with Crippen molar-refractivity contribution < 1.29 is 4.74 Å². The standard InChI is InChI=1S/C15H19N3O/c1-4-16-15(12-7-5-11(2)6-8-12)13-9-14(19-3)18-10-17-13/h5-10,15-16H,4H2,1-3H3. The predicted molar refractivity (Wildman–Crippen MR) is 75.3 cm³/mol. The monoisotopic (exact) mass is 257 g/mol. The maximum atomic E-state index is 5.16. The van der Waals surface area contributed by atoms with Crippen LogP contribution < -0.4 is 10.1 Å². The van der Waals surface area contributed by atoms with Crippen molar-refractivity contribution in [3.8, 4) is 5.88 Å². The van der Waals surface area contributed by atoms with Gasteiger partial charge in [-0.05, 0) is 19.0 Å². The van der Waals surface area contributed by atoms with Crippen LogP contribution in [0.15, 0.2) is 36.7 Å². The van der Waals surface area contributed by atoms with Crippen LogP contribution in [0.3, 0.4) is 0 Å². The zero-order chi connectivity index (χ0) is 13.7. The van der Waals surface area contributed by atoms with Gasteiger partial charge >= 0.3 is 0 Å². The Morgan fingerprint density at radius 1 is 1.21 bits per heavy atom. The first kappa shape index (κ1) is 13.5. The summed E-state index contributed by atoms with van der Waals surface area (Å²) in [5.74, 6) is 0.583. The van der Waals surface area contributed by atoms with Crippen molar-refractivity contribution in [2.75, 3.05) is 13.7 Å². The number of hydrogen-bond donors (Lipinski definition) is 1. The van der Waals surface area contributed by atoms with E-state index in [1.807, 2.05) is 6.07 Å². The summed E-state index contributed by atoms with van der Waals surface area (Å²) in [5.41, 5.74) is 3.35. The second-order valence-electron chi connectivity index (χ2n) is 4.39. The Morgan fingerprint density at radius 2 is 1.95 bits per heavy atom. The van der Waals surface area contributed by atoms with Crippen molar-refractivity contribution in [3.63, 3.8) is 0 Å². The smallest absolute Gasteiger partial charge is 0.216 e. The van der Waals surface area contributed by atoms with Crippen molar-refractivity contribution in [2.45, 2.75) is 19.9 Å². The van der Waals surface area contributed by atoms with Crippen LogP contribution in [-0.4, -0.2) is 23.6 Å². The molecule has 1 aromatic heterocycles. The van der Waals surface area contributed by atoms with E-state index in [1.54, 1.807) is 7.11 Å². The Labute approximate surface area is 113 Å². The van der Waals surface area contributed by atoms with Crippen molar-refractivity contribution in [1.82, 2.24) is 15.3 Å². The van der Waals surface area contributed by atoms with Crippen LogP contribution in [0.25, 0.3) is 0 Å². The molecule has 0 radical (unpaired) electrons. The molecule has 19 heavy (non-hydrogen) atoms. The molecule has 1 N–H and O–H groups in total. The molecular formula is C15H19N3O. The molecule has 0 saturated heterocycles. The number of aryl methyl sites for hydroxylation is 1. The fraction of sp³-hybridized carbons (Fsp3) is 0.333. The summed E-state index contributed by atoms with van der Waals surface area (Å²) >= 11 is 0. The van der Waals surface area contributed by atoms with Gasteiger partial charge in [0.1, 0.15) is 6.33 Å². The third kappa shape index (κ3) is 3.29. The molecule has 0 aliphatic carbocycles. The van der Waals surface area contributed by atoms with E-state index in [0.29, 0.717) is 5.88 Å². The lowest BCUT2D eigenvalue weighted by Crippen LogP contribution is -2.23. The van der Waals surface area contributed by atoms with E-state index in [0.717, 1.165) is 12.2 Å². The van der Waals surface area contributed by atoms with Gasteiger partial charge in [-0.2, -0.15) is 0 Å². The molecule has 2 aromatic rings. The molecule has 100 valence electrons. The Hall–Kier alpha value is -1.94. The van der Waals surface area contributed by atoms with Gasteiger partial charge < -0.3 is 10.1 Å². The summed E-state index contributed by atoms with van der Waals surface area (Å²) in [6.07, 6.45) is 1.53. The summed E-state index contributed by atoms with van der Waals surface area (Å²) in [7, 11) is 1.61. The fourth-order valence-corrected chi connectivity index (χ4v) is 1.98. The van der Waals surface area contributed by atoms with Gasteiger partial charge in [0.25, 0.3) is 0 Å². The van der Waals surface area contributed by atoms with E-state index in [1.165, 1.54) is 17.5 Å². The highest BCUT2D eigenvalue weighted by atomic mass is 16.5. The molecule has 0 spiro atoms. The van der Waals surface area contributed by atoms with E-state index in [4.69, 9.17) is 4.74 Å². The molecule has 0 amide bonds.